The molecule has 0 radical (unpaired) electrons. The van der Waals surface area contributed by atoms with E-state index in [1.165, 1.54) is 6.07 Å². The van der Waals surface area contributed by atoms with Crippen LogP contribution < -0.4 is 11.3 Å². The normalized spacial score (nSPS) is 12.5. The number of nitrogens with two attached hydrogens (primary N) is 1. The molecule has 2 nitrogen and oxygen atoms in total. The van der Waals surface area contributed by atoms with Gasteiger partial charge in [0.05, 0.1) is 10.5 Å². The van der Waals surface area contributed by atoms with Gasteiger partial charge in [0.15, 0.2) is 11.6 Å². The molecule has 2 aromatic carbocycles. The van der Waals surface area contributed by atoms with Crippen molar-refractivity contribution >= 4 is 39.1 Å². The van der Waals surface area contributed by atoms with Crippen LogP contribution in [-0.4, -0.2) is 0 Å². The Kier molecular flexibility index (Phi) is 5.57. The Morgan fingerprint density at radius 1 is 1.19 bits per heavy atom. The van der Waals surface area contributed by atoms with Gasteiger partial charge in [-0.15, -0.1) is 0 Å². The summed E-state index contributed by atoms with van der Waals surface area (Å²) in [7, 11) is 0. The molecule has 0 amide bonds. The van der Waals surface area contributed by atoms with Crippen molar-refractivity contribution in [2.45, 2.75) is 12.5 Å². The third kappa shape index (κ3) is 3.73. The largest absolute Gasteiger partial charge is 0.271 e. The fraction of sp³-hybridized carbons (Fsp3) is 0.143. The number of benzene rings is 2. The number of hydrazine groups is 1. The molecule has 1 atom stereocenters. The molecule has 0 aliphatic heterocycles. The lowest BCUT2D eigenvalue weighted by atomic mass is 9.99. The van der Waals surface area contributed by atoms with Crippen LogP contribution in [0, 0.1) is 11.6 Å². The second-order valence-corrected chi connectivity index (χ2v) is 6.06. The lowest BCUT2D eigenvalue weighted by Gasteiger charge is -2.19. The van der Waals surface area contributed by atoms with E-state index < -0.39 is 17.7 Å². The lowest BCUT2D eigenvalue weighted by molar-refractivity contribution is 0.491. The summed E-state index contributed by atoms with van der Waals surface area (Å²) in [5.74, 6) is 3.65. The summed E-state index contributed by atoms with van der Waals surface area (Å²) in [6.45, 7) is 0. The van der Waals surface area contributed by atoms with E-state index in [0.29, 0.717) is 22.0 Å². The van der Waals surface area contributed by atoms with Gasteiger partial charge in [-0.3, -0.25) is 11.3 Å². The van der Waals surface area contributed by atoms with Gasteiger partial charge in [-0.05, 0) is 57.7 Å². The molecule has 7 heteroatoms. The molecule has 0 aliphatic carbocycles. The Labute approximate surface area is 139 Å². The van der Waals surface area contributed by atoms with E-state index >= 15 is 0 Å². The summed E-state index contributed by atoms with van der Waals surface area (Å²) in [4.78, 5) is 0. The van der Waals surface area contributed by atoms with Gasteiger partial charge >= 0.3 is 0 Å². The molecule has 0 spiro atoms. The summed E-state index contributed by atoms with van der Waals surface area (Å²) in [5, 5.41) is 1.06. The minimum Gasteiger partial charge on any atom is -0.271 e. The highest BCUT2D eigenvalue weighted by atomic mass is 79.9. The number of halogens is 5. The van der Waals surface area contributed by atoms with Crippen LogP contribution in [0.5, 0.6) is 0 Å². The predicted octanol–water partition coefficient (Wildman–Crippen LogP) is 4.78. The third-order valence-electron chi connectivity index (χ3n) is 3.07. The van der Waals surface area contributed by atoms with Crippen LogP contribution in [-0.2, 0) is 6.42 Å². The van der Waals surface area contributed by atoms with Crippen LogP contribution >= 0.6 is 39.1 Å². The first-order chi connectivity index (χ1) is 9.93. The van der Waals surface area contributed by atoms with E-state index in [4.69, 9.17) is 29.0 Å². The number of rotatable bonds is 4. The zero-order valence-electron chi connectivity index (χ0n) is 10.6. The molecule has 2 aromatic rings. The predicted molar refractivity (Wildman–Crippen MR) is 84.3 cm³/mol. The molecule has 1 unspecified atom stereocenters. The molecular weight excluding hydrogens is 385 g/mol. The van der Waals surface area contributed by atoms with E-state index in [1.54, 1.807) is 18.2 Å². The Morgan fingerprint density at radius 3 is 2.57 bits per heavy atom. The molecule has 0 saturated carbocycles. The standard InChI is InChI=1S/C14H11BrCl2F2N2/c15-13-9(2-4-11(18)14(13)19)12(21-20)6-7-5-8(16)1-3-10(7)17/h1-5,12,21H,6,20H2. The minimum absolute atomic E-state index is 0.0311. The van der Waals surface area contributed by atoms with Crippen molar-refractivity contribution in [2.75, 3.05) is 0 Å². The maximum Gasteiger partial charge on any atom is 0.173 e. The van der Waals surface area contributed by atoms with Gasteiger partial charge in [0.2, 0.25) is 0 Å². The van der Waals surface area contributed by atoms with E-state index in [0.717, 1.165) is 11.6 Å². The second kappa shape index (κ2) is 7.03. The molecule has 0 fully saturated rings. The van der Waals surface area contributed by atoms with Gasteiger partial charge in [-0.1, -0.05) is 29.3 Å². The van der Waals surface area contributed by atoms with E-state index in [-0.39, 0.29) is 4.47 Å². The van der Waals surface area contributed by atoms with Crippen LogP contribution in [0.1, 0.15) is 17.2 Å². The van der Waals surface area contributed by atoms with Crippen molar-refractivity contribution in [3.63, 3.8) is 0 Å². The number of nitrogens with one attached hydrogen (secondary N) is 1. The monoisotopic (exact) mass is 394 g/mol. The molecule has 21 heavy (non-hydrogen) atoms. The number of hydrogen-bond donors (Lipinski definition) is 2. The summed E-state index contributed by atoms with van der Waals surface area (Å²) in [6, 6.07) is 7.12. The van der Waals surface area contributed by atoms with Crippen molar-refractivity contribution in [1.82, 2.24) is 5.43 Å². The Hall–Kier alpha value is -0.720. The molecule has 112 valence electrons. The van der Waals surface area contributed by atoms with Gasteiger partial charge in [0.25, 0.3) is 0 Å². The third-order valence-corrected chi connectivity index (χ3v) is 4.48. The molecular formula is C14H11BrCl2F2N2. The SMILES string of the molecule is NNC(Cc1cc(Cl)ccc1Cl)c1ccc(F)c(F)c1Br. The second-order valence-electron chi connectivity index (χ2n) is 4.42. The molecule has 0 aliphatic rings. The smallest absolute Gasteiger partial charge is 0.173 e. The maximum absolute atomic E-state index is 13.6. The van der Waals surface area contributed by atoms with Crippen molar-refractivity contribution in [2.24, 2.45) is 5.84 Å². The summed E-state index contributed by atoms with van der Waals surface area (Å²) >= 11 is 15.1. The zero-order chi connectivity index (χ0) is 15.6. The van der Waals surface area contributed by atoms with Gasteiger partial charge in [0.1, 0.15) is 0 Å². The van der Waals surface area contributed by atoms with Gasteiger partial charge in [-0.25, -0.2) is 8.78 Å². The minimum atomic E-state index is -0.954. The molecule has 0 bridgehead atoms. The van der Waals surface area contributed by atoms with Gasteiger partial charge < -0.3 is 0 Å². The first-order valence-electron chi connectivity index (χ1n) is 5.97. The van der Waals surface area contributed by atoms with Crippen LogP contribution in [0.15, 0.2) is 34.8 Å². The van der Waals surface area contributed by atoms with Crippen LogP contribution in [0.3, 0.4) is 0 Å². The van der Waals surface area contributed by atoms with Gasteiger partial charge in [-0.2, -0.15) is 0 Å². The average molecular weight is 396 g/mol. The van der Waals surface area contributed by atoms with Crippen molar-refractivity contribution in [3.05, 3.63) is 67.6 Å². The topological polar surface area (TPSA) is 38.0 Å². The molecule has 0 saturated heterocycles. The highest BCUT2D eigenvalue weighted by molar-refractivity contribution is 9.10. The zero-order valence-corrected chi connectivity index (χ0v) is 13.7. The first kappa shape index (κ1) is 16.6. The van der Waals surface area contributed by atoms with E-state index in [9.17, 15) is 8.78 Å². The quantitative estimate of drug-likeness (QED) is 0.444. The summed E-state index contributed by atoms with van der Waals surface area (Å²) < 4.78 is 26.8. The fourth-order valence-electron chi connectivity index (χ4n) is 1.99. The highest BCUT2D eigenvalue weighted by Crippen LogP contribution is 2.31. The number of hydrogen-bond acceptors (Lipinski definition) is 2. The fourth-order valence-corrected chi connectivity index (χ4v) is 2.98. The van der Waals surface area contributed by atoms with Crippen LogP contribution in [0.25, 0.3) is 0 Å². The summed E-state index contributed by atoms with van der Waals surface area (Å²) in [5.41, 5.74) is 3.83. The Balaban J connectivity index is 2.37. The van der Waals surface area contributed by atoms with Crippen LogP contribution in [0.4, 0.5) is 8.78 Å². The molecule has 0 aromatic heterocycles. The van der Waals surface area contributed by atoms with Gasteiger partial charge in [0, 0.05) is 10.0 Å². The van der Waals surface area contributed by atoms with Crippen molar-refractivity contribution in [1.29, 1.82) is 0 Å². The van der Waals surface area contributed by atoms with Crippen molar-refractivity contribution in [3.8, 4) is 0 Å². The van der Waals surface area contributed by atoms with E-state index in [2.05, 4.69) is 21.4 Å². The first-order valence-corrected chi connectivity index (χ1v) is 7.52. The van der Waals surface area contributed by atoms with Crippen LogP contribution in [0.2, 0.25) is 10.0 Å². The molecule has 0 heterocycles. The van der Waals surface area contributed by atoms with E-state index in [1.807, 2.05) is 0 Å². The maximum atomic E-state index is 13.6. The summed E-state index contributed by atoms with van der Waals surface area (Å²) in [6.07, 6.45) is 0.375. The lowest BCUT2D eigenvalue weighted by Crippen LogP contribution is -2.30. The average Bonchev–Trinajstić information content (AvgIpc) is 2.46. The Morgan fingerprint density at radius 2 is 1.90 bits per heavy atom. The van der Waals surface area contributed by atoms with Crippen molar-refractivity contribution < 1.29 is 8.78 Å². The molecule has 3 N–H and O–H groups in total. The molecule has 2 rings (SSSR count). The Bertz CT molecular complexity index is 668. The highest BCUT2D eigenvalue weighted by Gasteiger charge is 2.19.